The lowest BCUT2D eigenvalue weighted by Crippen LogP contribution is -2.64. The van der Waals surface area contributed by atoms with Crippen molar-refractivity contribution in [2.24, 2.45) is 11.5 Å². The van der Waals surface area contributed by atoms with Gasteiger partial charge in [-0.15, -0.1) is 0 Å². The van der Waals surface area contributed by atoms with Gasteiger partial charge < -0.3 is 45.8 Å². The number of dihydropyridines is 2. The number of nitrogens with one attached hydrogen (secondary N) is 2. The van der Waals surface area contributed by atoms with Gasteiger partial charge in [0.05, 0.1) is 18.0 Å². The molecule has 1 aromatic carbocycles. The second kappa shape index (κ2) is 11.0. The zero-order valence-electron chi connectivity index (χ0n) is 26.9. The molecule has 0 saturated carbocycles. The summed E-state index contributed by atoms with van der Waals surface area (Å²) in [5.74, 6) is 1.97. The Kier molecular flexibility index (Phi) is 7.21. The van der Waals surface area contributed by atoms with E-state index < -0.39 is 22.8 Å². The quantitative estimate of drug-likeness (QED) is 0.117. The van der Waals surface area contributed by atoms with E-state index in [4.69, 9.17) is 30.1 Å². The Morgan fingerprint density at radius 1 is 1.15 bits per heavy atom. The number of nitrogens with two attached hydrogens (primary N) is 2. The van der Waals surface area contributed by atoms with Crippen molar-refractivity contribution in [2.75, 3.05) is 12.3 Å². The zero-order valence-corrected chi connectivity index (χ0v) is 28.5. The summed E-state index contributed by atoms with van der Waals surface area (Å²) in [4.78, 5) is 27.0. The predicted octanol–water partition coefficient (Wildman–Crippen LogP) is 3.84. The number of aryl methyl sites for hydroxylation is 1. The number of ether oxygens (including phenoxy) is 3. The number of allylic oxidation sites excluding steroid dienone is 2. The van der Waals surface area contributed by atoms with Gasteiger partial charge in [-0.2, -0.15) is 0 Å². The third-order valence-corrected chi connectivity index (χ3v) is 13.0. The first-order valence-corrected chi connectivity index (χ1v) is 18.5. The monoisotopic (exact) mass is 690 g/mol. The summed E-state index contributed by atoms with van der Waals surface area (Å²) in [6.07, 6.45) is 11.7. The lowest BCUT2D eigenvalue weighted by atomic mass is 9.70. The lowest BCUT2D eigenvalue weighted by molar-refractivity contribution is -0.186. The fourth-order valence-electron chi connectivity index (χ4n) is 7.59. The number of esters is 1. The molecule has 1 fully saturated rings. The van der Waals surface area contributed by atoms with Crippen molar-refractivity contribution in [1.82, 2.24) is 10.6 Å². The minimum atomic E-state index is -1.28. The Bertz CT molecular complexity index is 1980. The van der Waals surface area contributed by atoms with Crippen LogP contribution in [-0.2, 0) is 20.7 Å². The Labute approximate surface area is 285 Å². The van der Waals surface area contributed by atoms with Crippen LogP contribution in [0, 0.1) is 6.92 Å². The fraction of sp³-hybridized carbons (Fsp3) is 0.429. The summed E-state index contributed by atoms with van der Waals surface area (Å²) in [5, 5.41) is 18.2. The van der Waals surface area contributed by atoms with Crippen LogP contribution in [0.15, 0.2) is 80.1 Å². The van der Waals surface area contributed by atoms with Crippen molar-refractivity contribution in [3.8, 4) is 11.5 Å². The Balaban J connectivity index is 1.18. The second-order valence-electron chi connectivity index (χ2n) is 13.7. The molecule has 2 aromatic rings. The summed E-state index contributed by atoms with van der Waals surface area (Å²) in [7, 11) is 3.38. The smallest absolute Gasteiger partial charge is 0.341 e. The number of carbonyl (C=O) groups excluding carboxylic acids is 1. The van der Waals surface area contributed by atoms with Crippen molar-refractivity contribution in [3.05, 3.63) is 92.4 Å². The Morgan fingerprint density at radius 2 is 1.98 bits per heavy atom. The lowest BCUT2D eigenvalue weighted by Gasteiger charge is -2.52. The molecule has 7 heterocycles. The second-order valence-corrected chi connectivity index (χ2v) is 16.3. The summed E-state index contributed by atoms with van der Waals surface area (Å²) in [6, 6.07) is 2.87. The number of benzene rings is 1. The van der Waals surface area contributed by atoms with E-state index in [-0.39, 0.29) is 46.0 Å². The molecule has 1 spiro atoms. The van der Waals surface area contributed by atoms with Crippen molar-refractivity contribution >= 4 is 38.5 Å². The van der Waals surface area contributed by atoms with Crippen LogP contribution in [0.1, 0.15) is 44.4 Å². The molecule has 6 aliphatic heterocycles. The molecular weight excluding hydrogens is 653 g/mol. The molecule has 1 aliphatic carbocycles. The number of rotatable bonds is 0. The van der Waals surface area contributed by atoms with E-state index in [1.54, 1.807) is 41.5 Å². The average molecular weight is 691 g/mol. The van der Waals surface area contributed by atoms with E-state index in [0.29, 0.717) is 60.3 Å². The van der Waals surface area contributed by atoms with Crippen molar-refractivity contribution in [2.45, 2.75) is 80.7 Å². The molecule has 0 amide bonds. The highest BCUT2D eigenvalue weighted by molar-refractivity contribution is 8.77. The third kappa shape index (κ3) is 5.00. The molecule has 7 N–H and O–H groups in total. The van der Waals surface area contributed by atoms with Gasteiger partial charge in [0, 0.05) is 53.7 Å². The molecule has 0 radical (unpaired) electrons. The number of phenolic OH excluding ortho intramolecular Hbond substituents is 1. The standard InChI is InChI=1S/C35H38N4O7S2/c1-17-10-24(40)29-26(43-17)13-25-21(30(29)41)15-35-8-6-19(14-33(35,2)44-25)48-47-16-22-20(7-9-38-31(22)37)23-11-18(12-28(36)39-23)4-5-27-34(3,45-27)32(42)46-35/h6-8,10-13,19,23,27,38-39,41H,4-5,9,14-16,36-37H2,1-3H3/t19-,23?,27+,33-,34-,35+/m0/s1. The summed E-state index contributed by atoms with van der Waals surface area (Å²) < 4.78 is 25.1. The minimum absolute atomic E-state index is 0.00862. The summed E-state index contributed by atoms with van der Waals surface area (Å²) in [6.45, 7) is 6.01. The van der Waals surface area contributed by atoms with E-state index in [2.05, 4.69) is 22.8 Å². The van der Waals surface area contributed by atoms with E-state index in [1.807, 2.05) is 25.2 Å². The van der Waals surface area contributed by atoms with Gasteiger partial charge in [-0.25, -0.2) is 4.79 Å². The fourth-order valence-corrected chi connectivity index (χ4v) is 10.3. The van der Waals surface area contributed by atoms with Crippen molar-refractivity contribution < 1.29 is 28.5 Å². The van der Waals surface area contributed by atoms with E-state index in [9.17, 15) is 14.7 Å². The largest absolute Gasteiger partial charge is 0.507 e. The van der Waals surface area contributed by atoms with Crippen LogP contribution in [-0.4, -0.2) is 57.6 Å². The van der Waals surface area contributed by atoms with E-state index in [0.717, 1.165) is 16.7 Å². The molecule has 7 aliphatic rings. The molecule has 1 unspecified atom stereocenters. The maximum atomic E-state index is 14.0. The highest BCUT2D eigenvalue weighted by atomic mass is 33.1. The van der Waals surface area contributed by atoms with Crippen LogP contribution in [0.2, 0.25) is 0 Å². The topological polar surface area (TPSA) is 175 Å². The number of epoxide rings is 1. The highest BCUT2D eigenvalue weighted by Gasteiger charge is 2.64. The van der Waals surface area contributed by atoms with Gasteiger partial charge in [0.25, 0.3) is 0 Å². The number of aromatic hydroxyl groups is 1. The van der Waals surface area contributed by atoms with Crippen LogP contribution >= 0.6 is 21.6 Å². The number of phenols is 1. The van der Waals surface area contributed by atoms with Gasteiger partial charge in [0.15, 0.2) is 22.2 Å². The van der Waals surface area contributed by atoms with E-state index in [1.165, 1.54) is 6.07 Å². The molecule has 9 rings (SSSR count). The SMILES string of the molecule is Cc1cc(=O)c2c(O)c3c(cc2o1)O[C@@]1(C)C[C@@H]2C=C[C@]1(C3)OC(=O)[C@@]1(C)O[C@@H]1CCC1=CC(NC(N)=C1)C1=CCNC(N)=C1CSS2. The molecule has 11 nitrogen and oxygen atoms in total. The molecule has 1 saturated heterocycles. The van der Waals surface area contributed by atoms with Crippen LogP contribution in [0.5, 0.6) is 11.5 Å². The van der Waals surface area contributed by atoms with Gasteiger partial charge in [-0.3, -0.25) is 4.79 Å². The Morgan fingerprint density at radius 3 is 2.81 bits per heavy atom. The van der Waals surface area contributed by atoms with Gasteiger partial charge in [-0.1, -0.05) is 39.8 Å². The van der Waals surface area contributed by atoms with Crippen LogP contribution < -0.4 is 32.3 Å². The molecule has 6 atom stereocenters. The number of hydrogen-bond acceptors (Lipinski definition) is 13. The highest BCUT2D eigenvalue weighted by Crippen LogP contribution is 2.54. The maximum absolute atomic E-state index is 14.0. The predicted molar refractivity (Wildman–Crippen MR) is 185 cm³/mol. The van der Waals surface area contributed by atoms with Crippen LogP contribution in [0.3, 0.4) is 0 Å². The number of carbonyl (C=O) groups is 1. The molecule has 1 aromatic heterocycles. The van der Waals surface area contributed by atoms with Gasteiger partial charge >= 0.3 is 5.97 Å². The van der Waals surface area contributed by atoms with Crippen molar-refractivity contribution in [3.63, 3.8) is 0 Å². The average Bonchev–Trinajstić information content (AvgIpc) is 3.70. The maximum Gasteiger partial charge on any atom is 0.341 e. The molecule has 252 valence electrons. The third-order valence-electron chi connectivity index (χ3n) is 10.4. The molecular formula is C35H38N4O7S2. The number of hydrogen-bond donors (Lipinski definition) is 5. The summed E-state index contributed by atoms with van der Waals surface area (Å²) >= 11 is 0. The van der Waals surface area contributed by atoms with Crippen LogP contribution in [0.4, 0.5) is 0 Å². The van der Waals surface area contributed by atoms with Crippen LogP contribution in [0.25, 0.3) is 11.0 Å². The first kappa shape index (κ1) is 31.3. The molecule has 13 heteroatoms. The summed E-state index contributed by atoms with van der Waals surface area (Å²) in [5.41, 5.74) is 12.9. The normalized spacial score (nSPS) is 34.3. The van der Waals surface area contributed by atoms with E-state index >= 15 is 0 Å². The number of fused-ring (bicyclic) bond motifs is 6. The first-order valence-electron chi connectivity index (χ1n) is 16.1. The zero-order chi connectivity index (χ0) is 33.6. The van der Waals surface area contributed by atoms with Gasteiger partial charge in [0.2, 0.25) is 0 Å². The van der Waals surface area contributed by atoms with Crippen molar-refractivity contribution in [1.29, 1.82) is 0 Å². The minimum Gasteiger partial charge on any atom is -0.507 e. The van der Waals surface area contributed by atoms with Gasteiger partial charge in [0.1, 0.15) is 34.0 Å². The van der Waals surface area contributed by atoms with Gasteiger partial charge in [-0.05, 0) is 56.9 Å². The molecule has 48 heavy (non-hydrogen) atoms. The molecule has 4 bridgehead atoms. The Hall–Kier alpha value is -3.94. The first-order chi connectivity index (χ1) is 22.9.